The van der Waals surface area contributed by atoms with Gasteiger partial charge in [-0.3, -0.25) is 0 Å². The first-order valence-electron chi connectivity index (χ1n) is 6.21. The standard InChI is InChI=1S/C15H13Cl3FNO/c1-20-7-10-5-11(16)6-13(18)15(10)21-8-9-3-2-4-12(17)14(9)19/h2-6,20H,7-8H2,1H3. The van der Waals surface area contributed by atoms with Crippen LogP contribution < -0.4 is 10.1 Å². The molecule has 0 aliphatic heterocycles. The molecule has 0 radical (unpaired) electrons. The van der Waals surface area contributed by atoms with Gasteiger partial charge in [0, 0.05) is 22.7 Å². The summed E-state index contributed by atoms with van der Waals surface area (Å²) >= 11 is 17.9. The Balaban J connectivity index is 2.25. The Hall–Kier alpha value is -1.00. The van der Waals surface area contributed by atoms with Crippen molar-refractivity contribution in [1.82, 2.24) is 5.32 Å². The van der Waals surface area contributed by atoms with Crippen LogP contribution in [0.1, 0.15) is 11.1 Å². The van der Waals surface area contributed by atoms with Crippen LogP contribution in [0.25, 0.3) is 0 Å². The Morgan fingerprint density at radius 2 is 1.86 bits per heavy atom. The summed E-state index contributed by atoms with van der Waals surface area (Å²) in [7, 11) is 1.80. The number of rotatable bonds is 5. The van der Waals surface area contributed by atoms with Crippen molar-refractivity contribution in [2.24, 2.45) is 0 Å². The van der Waals surface area contributed by atoms with Crippen LogP contribution >= 0.6 is 34.8 Å². The summed E-state index contributed by atoms with van der Waals surface area (Å²) in [5.74, 6) is -0.00536. The topological polar surface area (TPSA) is 21.3 Å². The lowest BCUT2D eigenvalue weighted by Crippen LogP contribution is -2.08. The molecule has 0 unspecified atom stereocenters. The van der Waals surface area contributed by atoms with E-state index in [0.29, 0.717) is 27.9 Å². The molecule has 0 saturated heterocycles. The van der Waals surface area contributed by atoms with E-state index in [1.807, 2.05) is 0 Å². The normalized spacial score (nSPS) is 10.7. The molecule has 0 aromatic heterocycles. The molecule has 6 heteroatoms. The van der Waals surface area contributed by atoms with Crippen molar-refractivity contribution in [3.63, 3.8) is 0 Å². The van der Waals surface area contributed by atoms with E-state index >= 15 is 0 Å². The molecular weight excluding hydrogens is 336 g/mol. The smallest absolute Gasteiger partial charge is 0.148 e. The highest BCUT2D eigenvalue weighted by atomic mass is 35.5. The lowest BCUT2D eigenvalue weighted by atomic mass is 10.2. The third kappa shape index (κ3) is 4.01. The lowest BCUT2D eigenvalue weighted by Gasteiger charge is -2.14. The predicted octanol–water partition coefficient (Wildman–Crippen LogP) is 5.08. The van der Waals surface area contributed by atoms with Gasteiger partial charge in [0.05, 0.1) is 10.0 Å². The summed E-state index contributed by atoms with van der Waals surface area (Å²) in [6, 6.07) is 8.12. The van der Waals surface area contributed by atoms with E-state index in [4.69, 9.17) is 39.5 Å². The first kappa shape index (κ1) is 16.4. The minimum Gasteiger partial charge on any atom is -0.487 e. The van der Waals surface area contributed by atoms with E-state index in [-0.39, 0.29) is 11.6 Å². The minimum atomic E-state index is -0.487. The summed E-state index contributed by atoms with van der Waals surface area (Å²) in [5.41, 5.74) is 1.17. The van der Waals surface area contributed by atoms with Crippen molar-refractivity contribution in [3.8, 4) is 5.75 Å². The van der Waals surface area contributed by atoms with Crippen molar-refractivity contribution >= 4 is 34.8 Å². The van der Waals surface area contributed by atoms with Gasteiger partial charge in [0.2, 0.25) is 0 Å². The average Bonchev–Trinajstić information content (AvgIpc) is 2.42. The highest BCUT2D eigenvalue weighted by molar-refractivity contribution is 6.35. The Labute approximate surface area is 137 Å². The third-order valence-corrected chi connectivity index (χ3v) is 3.65. The van der Waals surface area contributed by atoms with Crippen LogP contribution in [-0.4, -0.2) is 7.05 Å². The first-order valence-corrected chi connectivity index (χ1v) is 7.34. The monoisotopic (exact) mass is 347 g/mol. The lowest BCUT2D eigenvalue weighted by molar-refractivity contribution is 0.296. The molecule has 0 heterocycles. The molecule has 0 fully saturated rings. The van der Waals surface area contributed by atoms with Crippen molar-refractivity contribution in [2.45, 2.75) is 13.2 Å². The van der Waals surface area contributed by atoms with Crippen molar-refractivity contribution < 1.29 is 9.13 Å². The van der Waals surface area contributed by atoms with Gasteiger partial charge in [-0.1, -0.05) is 46.9 Å². The zero-order chi connectivity index (χ0) is 15.4. The molecule has 112 valence electrons. The van der Waals surface area contributed by atoms with Crippen LogP contribution in [0.5, 0.6) is 5.75 Å². The van der Waals surface area contributed by atoms with Gasteiger partial charge in [-0.25, -0.2) is 4.39 Å². The second-order valence-electron chi connectivity index (χ2n) is 4.41. The zero-order valence-electron chi connectivity index (χ0n) is 11.2. The van der Waals surface area contributed by atoms with Crippen LogP contribution in [0, 0.1) is 5.82 Å². The molecule has 0 amide bonds. The summed E-state index contributed by atoms with van der Waals surface area (Å²) in [5, 5.41) is 3.97. The van der Waals surface area contributed by atoms with E-state index < -0.39 is 5.82 Å². The number of hydrogen-bond acceptors (Lipinski definition) is 2. The second kappa shape index (κ2) is 7.32. The Morgan fingerprint density at radius 3 is 2.57 bits per heavy atom. The molecule has 2 nitrogen and oxygen atoms in total. The van der Waals surface area contributed by atoms with E-state index in [0.717, 1.165) is 5.56 Å². The molecule has 2 aromatic carbocycles. The number of nitrogens with one attached hydrogen (secondary N) is 1. The van der Waals surface area contributed by atoms with Gasteiger partial charge < -0.3 is 10.1 Å². The second-order valence-corrected chi connectivity index (χ2v) is 5.66. The fraction of sp³-hybridized carbons (Fsp3) is 0.200. The molecule has 2 aromatic rings. The van der Waals surface area contributed by atoms with Crippen LogP contribution in [0.15, 0.2) is 30.3 Å². The van der Waals surface area contributed by atoms with Crippen LogP contribution in [0.4, 0.5) is 4.39 Å². The Morgan fingerprint density at radius 1 is 1.10 bits per heavy atom. The fourth-order valence-electron chi connectivity index (χ4n) is 1.91. The summed E-state index contributed by atoms with van der Waals surface area (Å²) in [4.78, 5) is 0. The highest BCUT2D eigenvalue weighted by Gasteiger charge is 2.12. The van der Waals surface area contributed by atoms with E-state index in [1.54, 1.807) is 31.3 Å². The molecule has 0 spiro atoms. The van der Waals surface area contributed by atoms with E-state index in [9.17, 15) is 4.39 Å². The molecule has 0 bridgehead atoms. The van der Waals surface area contributed by atoms with Crippen LogP contribution in [0.2, 0.25) is 15.1 Å². The van der Waals surface area contributed by atoms with Gasteiger partial charge in [0.15, 0.2) is 0 Å². The third-order valence-electron chi connectivity index (χ3n) is 2.86. The van der Waals surface area contributed by atoms with Gasteiger partial charge in [-0.2, -0.15) is 0 Å². The maximum absolute atomic E-state index is 13.8. The highest BCUT2D eigenvalue weighted by Crippen LogP contribution is 2.33. The van der Waals surface area contributed by atoms with Crippen molar-refractivity contribution in [1.29, 1.82) is 0 Å². The summed E-state index contributed by atoms with van der Waals surface area (Å²) in [6.07, 6.45) is 0. The van der Waals surface area contributed by atoms with Gasteiger partial charge in [-0.15, -0.1) is 0 Å². The number of ether oxygens (including phenoxy) is 1. The maximum atomic E-state index is 13.8. The summed E-state index contributed by atoms with van der Waals surface area (Å²) < 4.78 is 19.5. The SMILES string of the molecule is CNCc1cc(Cl)cc(Cl)c1OCc1cccc(Cl)c1F. The van der Waals surface area contributed by atoms with E-state index in [1.165, 1.54) is 6.07 Å². The number of halogens is 4. The minimum absolute atomic E-state index is 0.0322. The molecule has 1 N–H and O–H groups in total. The molecule has 0 aliphatic rings. The Bertz CT molecular complexity index is 649. The predicted molar refractivity (Wildman–Crippen MR) is 85.0 cm³/mol. The van der Waals surface area contributed by atoms with Gasteiger partial charge in [0.1, 0.15) is 18.2 Å². The molecule has 0 saturated carbocycles. The zero-order valence-corrected chi connectivity index (χ0v) is 13.5. The molecule has 21 heavy (non-hydrogen) atoms. The molecule has 0 aliphatic carbocycles. The van der Waals surface area contributed by atoms with Gasteiger partial charge in [-0.05, 0) is 25.2 Å². The van der Waals surface area contributed by atoms with Crippen LogP contribution in [-0.2, 0) is 13.2 Å². The maximum Gasteiger partial charge on any atom is 0.148 e. The van der Waals surface area contributed by atoms with Crippen molar-refractivity contribution in [2.75, 3.05) is 7.05 Å². The molecule has 2 rings (SSSR count). The fourth-order valence-corrected chi connectivity index (χ4v) is 2.69. The molecule has 0 atom stereocenters. The van der Waals surface area contributed by atoms with E-state index in [2.05, 4.69) is 5.32 Å². The van der Waals surface area contributed by atoms with Crippen LogP contribution in [0.3, 0.4) is 0 Å². The number of hydrogen-bond donors (Lipinski definition) is 1. The molecular formula is C15H13Cl3FNO. The number of benzene rings is 2. The summed E-state index contributed by atoms with van der Waals surface area (Å²) in [6.45, 7) is 0.568. The Kier molecular flexibility index (Phi) is 5.71. The average molecular weight is 349 g/mol. The first-order chi connectivity index (χ1) is 10.0. The largest absolute Gasteiger partial charge is 0.487 e. The van der Waals surface area contributed by atoms with Crippen molar-refractivity contribution in [3.05, 3.63) is 62.3 Å². The van der Waals surface area contributed by atoms with Gasteiger partial charge in [0.25, 0.3) is 0 Å². The quantitative estimate of drug-likeness (QED) is 0.813. The van der Waals surface area contributed by atoms with Gasteiger partial charge >= 0.3 is 0 Å².